The van der Waals surface area contributed by atoms with E-state index in [1.165, 1.54) is 26.4 Å². The Morgan fingerprint density at radius 1 is 1.13 bits per heavy atom. The third-order valence-electron chi connectivity index (χ3n) is 5.26. The van der Waals surface area contributed by atoms with E-state index in [2.05, 4.69) is 5.32 Å². The zero-order valence-corrected chi connectivity index (χ0v) is 17.4. The van der Waals surface area contributed by atoms with Gasteiger partial charge in [0.25, 0.3) is 5.91 Å². The van der Waals surface area contributed by atoms with Gasteiger partial charge in [0, 0.05) is 18.8 Å². The van der Waals surface area contributed by atoms with E-state index in [4.69, 9.17) is 9.47 Å². The second-order valence-electron chi connectivity index (χ2n) is 7.02. The van der Waals surface area contributed by atoms with Gasteiger partial charge < -0.3 is 19.7 Å². The Kier molecular flexibility index (Phi) is 5.15. The van der Waals surface area contributed by atoms with E-state index in [1.54, 1.807) is 23.1 Å². The summed E-state index contributed by atoms with van der Waals surface area (Å²) in [5.41, 5.74) is 1.59. The van der Waals surface area contributed by atoms with Crippen LogP contribution >= 0.6 is 0 Å². The second-order valence-corrected chi connectivity index (χ2v) is 8.87. The summed E-state index contributed by atoms with van der Waals surface area (Å²) in [5.74, 6) is -0.317. The minimum atomic E-state index is -4.15. The first-order valence-corrected chi connectivity index (χ1v) is 10.9. The molecule has 30 heavy (non-hydrogen) atoms. The van der Waals surface area contributed by atoms with E-state index in [-0.39, 0.29) is 16.3 Å². The molecule has 2 aromatic rings. The number of sulfone groups is 1. The highest BCUT2D eigenvalue weighted by Gasteiger charge is 2.41. The number of rotatable bonds is 5. The lowest BCUT2D eigenvalue weighted by atomic mass is 10.2. The molecule has 2 heterocycles. The first-order chi connectivity index (χ1) is 14.4. The van der Waals surface area contributed by atoms with Crippen LogP contribution in [0.25, 0.3) is 0 Å². The fourth-order valence-corrected chi connectivity index (χ4v) is 5.65. The van der Waals surface area contributed by atoms with Gasteiger partial charge in [-0.3, -0.25) is 4.79 Å². The molecule has 1 fully saturated rings. The van der Waals surface area contributed by atoms with Crippen molar-refractivity contribution in [3.05, 3.63) is 58.4 Å². The summed E-state index contributed by atoms with van der Waals surface area (Å²) in [6.07, 6.45) is 1.18. The van der Waals surface area contributed by atoms with E-state index in [1.807, 2.05) is 0 Å². The average molecular weight is 432 g/mol. The molecule has 0 unspecified atom stereocenters. The van der Waals surface area contributed by atoms with E-state index >= 15 is 0 Å². The topological polar surface area (TPSA) is 84.9 Å². The lowest BCUT2D eigenvalue weighted by Gasteiger charge is -2.30. The number of allylic oxidation sites excluding steroid dienone is 1. The molecule has 1 amide bonds. The Morgan fingerprint density at radius 2 is 1.90 bits per heavy atom. The number of hydrogen-bond donors (Lipinski definition) is 1. The third kappa shape index (κ3) is 3.28. The SMILES string of the molecule is COc1ccc(CNC(=O)C2=C3CCCN3c3ccc(F)cc3S2(=O)=O)cc1OC. The minimum absolute atomic E-state index is 0.0987. The molecule has 7 nitrogen and oxygen atoms in total. The average Bonchev–Trinajstić information content (AvgIpc) is 3.20. The lowest BCUT2D eigenvalue weighted by Crippen LogP contribution is -2.35. The normalized spacial score (nSPS) is 16.7. The molecule has 2 aliphatic rings. The van der Waals surface area contributed by atoms with Gasteiger partial charge in [-0.05, 0) is 48.7 Å². The summed E-state index contributed by atoms with van der Waals surface area (Å²) in [6.45, 7) is 0.678. The summed E-state index contributed by atoms with van der Waals surface area (Å²) in [7, 11) is -1.12. The van der Waals surface area contributed by atoms with Gasteiger partial charge >= 0.3 is 0 Å². The molecule has 158 valence electrons. The van der Waals surface area contributed by atoms with E-state index in [9.17, 15) is 17.6 Å². The Bertz CT molecular complexity index is 1160. The number of halogens is 1. The van der Waals surface area contributed by atoms with Gasteiger partial charge in [-0.25, -0.2) is 12.8 Å². The molecule has 0 radical (unpaired) electrons. The van der Waals surface area contributed by atoms with Crippen molar-refractivity contribution in [2.24, 2.45) is 0 Å². The predicted molar refractivity (Wildman–Crippen MR) is 109 cm³/mol. The van der Waals surface area contributed by atoms with E-state index in [0.717, 1.165) is 11.6 Å². The molecular weight excluding hydrogens is 411 g/mol. The number of carbonyl (C=O) groups is 1. The van der Waals surface area contributed by atoms with Gasteiger partial charge in [0.1, 0.15) is 5.82 Å². The maximum atomic E-state index is 13.8. The van der Waals surface area contributed by atoms with Gasteiger partial charge in [0.05, 0.1) is 24.8 Å². The first-order valence-electron chi connectivity index (χ1n) is 9.41. The fourth-order valence-electron chi connectivity index (χ4n) is 3.87. The second kappa shape index (κ2) is 7.64. The highest BCUT2D eigenvalue weighted by atomic mass is 32.2. The Balaban J connectivity index is 1.65. The number of hydrogen-bond acceptors (Lipinski definition) is 6. The lowest BCUT2D eigenvalue weighted by molar-refractivity contribution is -0.117. The minimum Gasteiger partial charge on any atom is -0.493 e. The smallest absolute Gasteiger partial charge is 0.265 e. The van der Waals surface area contributed by atoms with Crippen molar-refractivity contribution in [3.63, 3.8) is 0 Å². The fraction of sp³-hybridized carbons (Fsp3) is 0.286. The van der Waals surface area contributed by atoms with Crippen LogP contribution in [0.3, 0.4) is 0 Å². The van der Waals surface area contributed by atoms with Crippen LogP contribution in [0.15, 0.2) is 51.9 Å². The molecule has 4 rings (SSSR count). The zero-order valence-electron chi connectivity index (χ0n) is 16.6. The molecule has 2 aromatic carbocycles. The van der Waals surface area contributed by atoms with Crippen molar-refractivity contribution in [3.8, 4) is 11.5 Å². The van der Waals surface area contributed by atoms with Crippen LogP contribution in [0, 0.1) is 5.82 Å². The zero-order chi connectivity index (χ0) is 21.5. The summed E-state index contributed by atoms with van der Waals surface area (Å²) in [4.78, 5) is 14.3. The van der Waals surface area contributed by atoms with Crippen molar-refractivity contribution >= 4 is 21.4 Å². The maximum absolute atomic E-state index is 13.8. The molecule has 0 saturated carbocycles. The van der Waals surface area contributed by atoms with Crippen LogP contribution in [0.2, 0.25) is 0 Å². The highest BCUT2D eigenvalue weighted by molar-refractivity contribution is 7.96. The first kappa shape index (κ1) is 20.2. The maximum Gasteiger partial charge on any atom is 0.265 e. The van der Waals surface area contributed by atoms with Crippen LogP contribution in [0.5, 0.6) is 11.5 Å². The standard InChI is InChI=1S/C21H21FN2O5S/c1-28-17-8-5-13(10-18(17)29-2)12-23-21(25)20-16-4-3-9-24(16)15-7-6-14(22)11-19(15)30(20,26)27/h5-8,10-11H,3-4,9,12H2,1-2H3,(H,23,25). The monoisotopic (exact) mass is 432 g/mol. The number of benzene rings is 2. The molecular formula is C21H21FN2O5S. The number of fused-ring (bicyclic) bond motifs is 3. The molecule has 0 bridgehead atoms. The number of ether oxygens (including phenoxy) is 2. The third-order valence-corrected chi connectivity index (χ3v) is 7.13. The van der Waals surface area contributed by atoms with Crippen LogP contribution in [0.1, 0.15) is 18.4 Å². The molecule has 0 aromatic heterocycles. The summed E-state index contributed by atoms with van der Waals surface area (Å²) >= 11 is 0. The van der Waals surface area contributed by atoms with Crippen molar-refractivity contribution < 1.29 is 27.1 Å². The van der Waals surface area contributed by atoms with Crippen LogP contribution in [-0.2, 0) is 21.2 Å². The van der Waals surface area contributed by atoms with Crippen molar-refractivity contribution in [2.45, 2.75) is 24.3 Å². The van der Waals surface area contributed by atoms with Gasteiger partial charge in [-0.2, -0.15) is 0 Å². The quantitative estimate of drug-likeness (QED) is 0.782. The molecule has 2 aliphatic heterocycles. The highest BCUT2D eigenvalue weighted by Crippen LogP contribution is 2.43. The van der Waals surface area contributed by atoms with Gasteiger partial charge in [-0.15, -0.1) is 0 Å². The van der Waals surface area contributed by atoms with Gasteiger partial charge in [-0.1, -0.05) is 6.07 Å². The number of amides is 1. The van der Waals surface area contributed by atoms with Gasteiger partial charge in [0.15, 0.2) is 16.4 Å². The summed E-state index contributed by atoms with van der Waals surface area (Å²) in [6, 6.07) is 8.82. The number of anilines is 1. The predicted octanol–water partition coefficient (Wildman–Crippen LogP) is 2.76. The Morgan fingerprint density at radius 3 is 2.63 bits per heavy atom. The number of nitrogens with one attached hydrogen (secondary N) is 1. The van der Waals surface area contributed by atoms with Gasteiger partial charge in [0.2, 0.25) is 9.84 Å². The van der Waals surface area contributed by atoms with Crippen LogP contribution < -0.4 is 19.7 Å². The largest absolute Gasteiger partial charge is 0.493 e. The van der Waals surface area contributed by atoms with Crippen molar-refractivity contribution in [1.29, 1.82) is 0 Å². The number of nitrogens with zero attached hydrogens (tertiary/aromatic N) is 1. The van der Waals surface area contributed by atoms with E-state index < -0.39 is 21.6 Å². The molecule has 0 aliphatic carbocycles. The van der Waals surface area contributed by atoms with Crippen molar-refractivity contribution in [1.82, 2.24) is 5.32 Å². The molecule has 9 heteroatoms. The summed E-state index contributed by atoms with van der Waals surface area (Å²) < 4.78 is 50.6. The van der Waals surface area contributed by atoms with E-state index in [0.29, 0.717) is 42.3 Å². The molecule has 1 saturated heterocycles. The number of methoxy groups -OCH3 is 2. The molecule has 0 spiro atoms. The number of carbonyl (C=O) groups excluding carboxylic acids is 1. The molecule has 0 atom stereocenters. The molecule has 1 N–H and O–H groups in total. The Labute approximate surface area is 174 Å². The van der Waals surface area contributed by atoms with Crippen LogP contribution in [-0.4, -0.2) is 35.1 Å². The Hall–Kier alpha value is -3.07. The van der Waals surface area contributed by atoms with Crippen LogP contribution in [0.4, 0.5) is 10.1 Å². The van der Waals surface area contributed by atoms with Crippen molar-refractivity contribution in [2.75, 3.05) is 25.7 Å². The summed E-state index contributed by atoms with van der Waals surface area (Å²) in [5, 5.41) is 2.68.